The van der Waals surface area contributed by atoms with Gasteiger partial charge < -0.3 is 65.9 Å². The summed E-state index contributed by atoms with van der Waals surface area (Å²) in [6, 6.07) is -2.55. The largest absolute Gasteiger partial charge is 0.480 e. The number of aliphatic hydroxyl groups excluding tert-OH is 2. The van der Waals surface area contributed by atoms with Gasteiger partial charge in [0.05, 0.1) is 32.2 Å². The molecule has 0 bridgehead atoms. The molecule has 0 radical (unpaired) electrons. The van der Waals surface area contributed by atoms with Crippen LogP contribution >= 0.6 is 15.6 Å². The lowest BCUT2D eigenvalue weighted by atomic mass is 10.0. The number of nitrogens with two attached hydrogens (primary N) is 2. The van der Waals surface area contributed by atoms with Crippen molar-refractivity contribution in [2.45, 2.75) is 94.2 Å². The average Bonchev–Trinajstić information content (AvgIpc) is 3.84. The minimum absolute atomic E-state index is 0.0132. The van der Waals surface area contributed by atoms with E-state index >= 15 is 0 Å². The van der Waals surface area contributed by atoms with Gasteiger partial charge in [-0.3, -0.25) is 32.3 Å². The summed E-state index contributed by atoms with van der Waals surface area (Å²) in [7, 11) is -10.8. The molecule has 348 valence electrons. The molecule has 2 fully saturated rings. The maximum absolute atomic E-state index is 14.0. The number of allylic oxidation sites excluding steroid dienone is 1. The second kappa shape index (κ2) is 19.9. The molecule has 30 heteroatoms. The number of aromatic nitrogens is 6. The van der Waals surface area contributed by atoms with Crippen LogP contribution in [0.4, 0.5) is 11.6 Å². The minimum Gasteiger partial charge on any atom is -0.480 e. The first-order chi connectivity index (χ1) is 29.4. The van der Waals surface area contributed by atoms with E-state index in [1.807, 2.05) is 0 Å². The first-order valence-corrected chi connectivity index (χ1v) is 21.8. The zero-order valence-corrected chi connectivity index (χ0v) is 35.6. The van der Waals surface area contributed by atoms with Crippen LogP contribution in [0.25, 0.3) is 11.2 Å². The Kier molecular flexibility index (Phi) is 15.6. The third-order valence-electron chi connectivity index (χ3n) is 9.31. The monoisotopic (exact) mass is 934 g/mol. The fourth-order valence-corrected chi connectivity index (χ4v) is 8.05. The predicted molar refractivity (Wildman–Crippen MR) is 211 cm³/mol. The molecule has 2 aliphatic rings. The Hall–Kier alpha value is -4.80. The lowest BCUT2D eigenvalue weighted by Crippen LogP contribution is -2.59. The number of carboxylic acids is 1. The topological polar surface area (TPSA) is 408 Å². The first kappa shape index (κ1) is 49.2. The number of hydrogen-bond donors (Lipinski definition) is 9. The number of nitrogen functional groups attached to an aromatic ring is 2. The van der Waals surface area contributed by atoms with Gasteiger partial charge in [-0.2, -0.15) is 4.98 Å². The van der Waals surface area contributed by atoms with Gasteiger partial charge in [-0.05, 0) is 33.3 Å². The van der Waals surface area contributed by atoms with E-state index < -0.39 is 126 Å². The van der Waals surface area contributed by atoms with Gasteiger partial charge in [-0.15, -0.1) is 6.58 Å². The van der Waals surface area contributed by atoms with Crippen molar-refractivity contribution in [2.75, 3.05) is 37.9 Å². The number of hydrogen-bond acceptors (Lipinski definition) is 20. The Morgan fingerprint density at radius 1 is 1.03 bits per heavy atom. The molecule has 2 saturated heterocycles. The summed E-state index contributed by atoms with van der Waals surface area (Å²) in [5.41, 5.74) is 9.84. The van der Waals surface area contributed by atoms with Crippen LogP contribution < -0.4 is 22.5 Å². The SMILES string of the molecule is C=CCCC(=O)N(C1C(COP(=O)(O)O[C@H]2[C@@H](O)[C@H](n3ccc(N)nc3=O)O[C@@H]2COP(=O)(O)O)OC(n2cnc3c(N)ncnc32)C1O)[C@H](COCC(=O)NC(C)(C)C)C(=O)O. The highest BCUT2D eigenvalue weighted by Crippen LogP contribution is 2.50. The van der Waals surface area contributed by atoms with Crippen molar-refractivity contribution < 1.29 is 81.3 Å². The van der Waals surface area contributed by atoms with Crippen molar-refractivity contribution in [1.29, 1.82) is 0 Å². The molecule has 3 aromatic rings. The third-order valence-corrected chi connectivity index (χ3v) is 10.8. The Balaban J connectivity index is 1.48. The fraction of sp³-hybridized carbons (Fsp3) is 0.576. The van der Waals surface area contributed by atoms with Crippen molar-refractivity contribution in [3.63, 3.8) is 0 Å². The third kappa shape index (κ3) is 12.3. The van der Waals surface area contributed by atoms with Crippen LogP contribution in [0.5, 0.6) is 0 Å². The Labute approximate surface area is 356 Å². The van der Waals surface area contributed by atoms with E-state index in [0.717, 1.165) is 29.8 Å². The van der Waals surface area contributed by atoms with Crippen LogP contribution in [0.1, 0.15) is 46.1 Å². The molecular weight excluding hydrogens is 886 g/mol. The zero-order valence-electron chi connectivity index (χ0n) is 33.8. The van der Waals surface area contributed by atoms with E-state index in [4.69, 9.17) is 34.7 Å². The molecule has 10 atom stereocenters. The van der Waals surface area contributed by atoms with Gasteiger partial charge in [-0.25, -0.2) is 33.7 Å². The number of carbonyl (C=O) groups is 3. The summed E-state index contributed by atoms with van der Waals surface area (Å²) in [6.07, 6.45) is -8.50. The molecule has 11 N–H and O–H groups in total. The Morgan fingerprint density at radius 3 is 2.33 bits per heavy atom. The number of aliphatic hydroxyl groups is 2. The summed E-state index contributed by atoms with van der Waals surface area (Å²) in [5, 5.41) is 36.4. The summed E-state index contributed by atoms with van der Waals surface area (Å²) < 4.78 is 59.4. The van der Waals surface area contributed by atoms with E-state index in [-0.39, 0.29) is 35.6 Å². The maximum atomic E-state index is 14.0. The normalized spacial score (nSPS) is 25.4. The van der Waals surface area contributed by atoms with Crippen LogP contribution in [0, 0.1) is 0 Å². The highest BCUT2D eigenvalue weighted by atomic mass is 31.2. The number of carboxylic acid groups (broad SMARTS) is 1. The molecule has 2 aliphatic heterocycles. The Bertz CT molecular complexity index is 2300. The van der Waals surface area contributed by atoms with Gasteiger partial charge in [0.1, 0.15) is 54.8 Å². The van der Waals surface area contributed by atoms with Gasteiger partial charge in [0, 0.05) is 18.2 Å². The maximum Gasteiger partial charge on any atom is 0.472 e. The van der Waals surface area contributed by atoms with E-state index in [0.29, 0.717) is 4.57 Å². The number of aliphatic carboxylic acids is 1. The van der Waals surface area contributed by atoms with Gasteiger partial charge in [0.25, 0.3) is 0 Å². The molecule has 2 amide bonds. The predicted octanol–water partition coefficient (Wildman–Crippen LogP) is -2.08. The number of rotatable bonds is 20. The summed E-state index contributed by atoms with van der Waals surface area (Å²) in [5.74, 6) is -3.44. The van der Waals surface area contributed by atoms with Gasteiger partial charge in [0.15, 0.2) is 30.0 Å². The number of carbonyl (C=O) groups excluding carboxylic acids is 2. The molecule has 0 aromatic carbocycles. The lowest BCUT2D eigenvalue weighted by Gasteiger charge is -2.37. The van der Waals surface area contributed by atoms with Crippen LogP contribution in [-0.2, 0) is 51.3 Å². The van der Waals surface area contributed by atoms with E-state index in [1.165, 1.54) is 10.6 Å². The molecule has 5 unspecified atom stereocenters. The smallest absolute Gasteiger partial charge is 0.472 e. The number of phosphoric acid groups is 2. The number of fused-ring (bicyclic) bond motifs is 1. The second-order valence-electron chi connectivity index (χ2n) is 15.1. The lowest BCUT2D eigenvalue weighted by molar-refractivity contribution is -0.159. The first-order valence-electron chi connectivity index (χ1n) is 18.8. The quantitative estimate of drug-likeness (QED) is 0.0434. The van der Waals surface area contributed by atoms with Gasteiger partial charge in [-0.1, -0.05) is 6.08 Å². The van der Waals surface area contributed by atoms with Crippen LogP contribution in [-0.4, -0.2) is 156 Å². The standard InChI is InChI=1S/C33H48N10O18P2/c1-5-6-7-21(45)43(16(31(48)49)10-56-13-20(44)40-33(2,3)4)23-17(59-29(24(23)46)42-15-38-22-27(35)36-14-37-28(22)42)11-58-63(54,55)61-26-18(12-57-62(51,52)53)60-30(25(26)47)41-9-8-19(34)39-32(41)50/h5,8-9,14-18,23-26,29-30,46-47H,1,6-7,10-13H2,2-4H3,(H,40,44)(H,48,49)(H,54,55)(H2,34,39,50)(H2,35,36,37)(H2,51,52,53)/t16-,17?,18-,23?,24?,25-,26-,29?,30-/m1/s1. The highest BCUT2D eigenvalue weighted by molar-refractivity contribution is 7.47. The molecule has 28 nitrogen and oxygen atoms in total. The number of nitrogens with zero attached hydrogens (tertiary/aromatic N) is 7. The highest BCUT2D eigenvalue weighted by Gasteiger charge is 2.54. The van der Waals surface area contributed by atoms with E-state index in [2.05, 4.69) is 36.4 Å². The van der Waals surface area contributed by atoms with E-state index in [9.17, 15) is 58.3 Å². The molecule has 5 rings (SSSR count). The fourth-order valence-electron chi connectivity index (χ4n) is 6.74. The van der Waals surface area contributed by atoms with Crippen molar-refractivity contribution in [3.8, 4) is 0 Å². The number of anilines is 2. The summed E-state index contributed by atoms with van der Waals surface area (Å²) in [4.78, 5) is 98.2. The van der Waals surface area contributed by atoms with Crippen LogP contribution in [0.15, 0.2) is 42.4 Å². The molecule has 3 aromatic heterocycles. The average molecular weight is 935 g/mol. The number of phosphoric ester groups is 2. The van der Waals surface area contributed by atoms with Crippen molar-refractivity contribution in [1.82, 2.24) is 39.3 Å². The number of amides is 2. The van der Waals surface area contributed by atoms with E-state index in [1.54, 1.807) is 20.8 Å². The molecule has 63 heavy (non-hydrogen) atoms. The van der Waals surface area contributed by atoms with Crippen LogP contribution in [0.3, 0.4) is 0 Å². The molecule has 0 spiro atoms. The number of nitrogens with one attached hydrogen (secondary N) is 1. The minimum atomic E-state index is -5.54. The Morgan fingerprint density at radius 2 is 1.70 bits per heavy atom. The van der Waals surface area contributed by atoms with Gasteiger partial charge >= 0.3 is 27.3 Å². The molecular formula is C33H48N10O18P2. The molecule has 0 saturated carbocycles. The summed E-state index contributed by atoms with van der Waals surface area (Å²) >= 11 is 0. The summed E-state index contributed by atoms with van der Waals surface area (Å²) in [6.45, 7) is 5.10. The van der Waals surface area contributed by atoms with Crippen LogP contribution in [0.2, 0.25) is 0 Å². The van der Waals surface area contributed by atoms with Crippen molar-refractivity contribution >= 4 is 56.2 Å². The van der Waals surface area contributed by atoms with Crippen molar-refractivity contribution in [3.05, 3.63) is 48.1 Å². The molecule has 0 aliphatic carbocycles. The zero-order chi connectivity index (χ0) is 46.6. The van der Waals surface area contributed by atoms with Crippen molar-refractivity contribution in [2.24, 2.45) is 0 Å². The number of ether oxygens (including phenoxy) is 3. The molecule has 5 heterocycles. The number of imidazole rings is 1. The second-order valence-corrected chi connectivity index (χ2v) is 17.8. The van der Waals surface area contributed by atoms with Gasteiger partial charge in [0.2, 0.25) is 11.8 Å².